The molecular formula is C13H12ClN5. The fraction of sp³-hybridized carbons (Fsp3) is 0.154. The molecule has 96 valence electrons. The Morgan fingerprint density at radius 2 is 2.05 bits per heavy atom. The molecule has 1 aromatic carbocycles. The molecule has 3 rings (SSSR count). The highest BCUT2D eigenvalue weighted by Gasteiger charge is 2.22. The van der Waals surface area contributed by atoms with Gasteiger partial charge in [0.15, 0.2) is 5.82 Å². The lowest BCUT2D eigenvalue weighted by atomic mass is 10.2. The molecule has 0 unspecified atom stereocenters. The zero-order valence-corrected chi connectivity index (χ0v) is 11.1. The number of benzene rings is 1. The van der Waals surface area contributed by atoms with Crippen LogP contribution >= 0.6 is 11.6 Å². The minimum absolute atomic E-state index is 0.479. The Kier molecular flexibility index (Phi) is 2.83. The number of rotatable bonds is 1. The van der Waals surface area contributed by atoms with Crippen LogP contribution in [0.1, 0.15) is 5.69 Å². The quantitative estimate of drug-likeness (QED) is 0.867. The van der Waals surface area contributed by atoms with Crippen molar-refractivity contribution in [2.24, 2.45) is 10.7 Å². The standard InChI is InChI=1S/C13H12ClN5/c1-8-13(17-5-4-16-8)19-7-12(15)18-10-3-2-9(14)6-11(10)19/h2-6H,7H2,1H3,(H2,15,18). The highest BCUT2D eigenvalue weighted by Crippen LogP contribution is 2.38. The number of aryl methyl sites for hydroxylation is 1. The van der Waals surface area contributed by atoms with E-state index in [1.165, 1.54) is 0 Å². The number of hydrogen-bond acceptors (Lipinski definition) is 5. The summed E-state index contributed by atoms with van der Waals surface area (Å²) in [5.41, 5.74) is 8.41. The van der Waals surface area contributed by atoms with Crippen molar-refractivity contribution in [2.75, 3.05) is 11.4 Å². The van der Waals surface area contributed by atoms with E-state index < -0.39 is 0 Å². The van der Waals surface area contributed by atoms with E-state index in [0.29, 0.717) is 17.4 Å². The van der Waals surface area contributed by atoms with E-state index >= 15 is 0 Å². The zero-order valence-electron chi connectivity index (χ0n) is 10.3. The van der Waals surface area contributed by atoms with Crippen molar-refractivity contribution in [3.05, 3.63) is 41.3 Å². The smallest absolute Gasteiger partial charge is 0.154 e. The van der Waals surface area contributed by atoms with Crippen LogP contribution in [-0.2, 0) is 0 Å². The van der Waals surface area contributed by atoms with Gasteiger partial charge in [-0.2, -0.15) is 0 Å². The van der Waals surface area contributed by atoms with Crippen molar-refractivity contribution in [2.45, 2.75) is 6.92 Å². The number of aromatic nitrogens is 2. The van der Waals surface area contributed by atoms with Crippen LogP contribution in [0.25, 0.3) is 0 Å². The summed E-state index contributed by atoms with van der Waals surface area (Å²) in [7, 11) is 0. The van der Waals surface area contributed by atoms with Crippen molar-refractivity contribution in [3.8, 4) is 0 Å². The number of hydrogen-bond donors (Lipinski definition) is 1. The van der Waals surface area contributed by atoms with Crippen LogP contribution in [-0.4, -0.2) is 22.3 Å². The fourth-order valence-electron chi connectivity index (χ4n) is 2.10. The van der Waals surface area contributed by atoms with Gasteiger partial charge in [-0.25, -0.2) is 9.98 Å². The van der Waals surface area contributed by atoms with Gasteiger partial charge in [-0.05, 0) is 25.1 Å². The molecule has 0 amide bonds. The molecule has 2 heterocycles. The number of anilines is 2. The van der Waals surface area contributed by atoms with Gasteiger partial charge in [0.05, 0.1) is 23.6 Å². The monoisotopic (exact) mass is 273 g/mol. The Morgan fingerprint density at radius 3 is 2.84 bits per heavy atom. The number of nitrogens with two attached hydrogens (primary N) is 1. The lowest BCUT2D eigenvalue weighted by Gasteiger charge is -2.29. The van der Waals surface area contributed by atoms with E-state index in [9.17, 15) is 0 Å². The van der Waals surface area contributed by atoms with Gasteiger partial charge >= 0.3 is 0 Å². The predicted octanol–water partition coefficient (Wildman–Crippen LogP) is 2.58. The van der Waals surface area contributed by atoms with Crippen molar-refractivity contribution in [1.29, 1.82) is 0 Å². The van der Waals surface area contributed by atoms with E-state index in [4.69, 9.17) is 17.3 Å². The molecule has 0 saturated carbocycles. The third kappa shape index (κ3) is 2.13. The second-order valence-corrected chi connectivity index (χ2v) is 4.72. The van der Waals surface area contributed by atoms with Crippen LogP contribution in [0, 0.1) is 6.92 Å². The van der Waals surface area contributed by atoms with Crippen molar-refractivity contribution >= 4 is 34.6 Å². The Hall–Kier alpha value is -2.14. The van der Waals surface area contributed by atoms with Crippen LogP contribution in [0.2, 0.25) is 5.02 Å². The van der Waals surface area contributed by atoms with E-state index in [2.05, 4.69) is 15.0 Å². The van der Waals surface area contributed by atoms with Crippen LogP contribution in [0.3, 0.4) is 0 Å². The molecule has 19 heavy (non-hydrogen) atoms. The minimum Gasteiger partial charge on any atom is -0.386 e. The zero-order chi connectivity index (χ0) is 13.4. The highest BCUT2D eigenvalue weighted by atomic mass is 35.5. The van der Waals surface area contributed by atoms with Crippen LogP contribution < -0.4 is 10.6 Å². The third-order valence-electron chi connectivity index (χ3n) is 2.92. The van der Waals surface area contributed by atoms with Crippen LogP contribution in [0.5, 0.6) is 0 Å². The topological polar surface area (TPSA) is 67.4 Å². The molecule has 2 N–H and O–H groups in total. The first-order valence-corrected chi connectivity index (χ1v) is 6.20. The Morgan fingerprint density at radius 1 is 1.26 bits per heavy atom. The average molecular weight is 274 g/mol. The molecule has 0 fully saturated rings. The average Bonchev–Trinajstić information content (AvgIpc) is 2.39. The molecule has 1 aliphatic rings. The number of fused-ring (bicyclic) bond motifs is 1. The Labute approximate surface area is 115 Å². The minimum atomic E-state index is 0.479. The molecular weight excluding hydrogens is 262 g/mol. The Balaban J connectivity index is 2.17. The lowest BCUT2D eigenvalue weighted by Crippen LogP contribution is -2.34. The normalized spacial score (nSPS) is 14.0. The molecule has 6 heteroatoms. The second-order valence-electron chi connectivity index (χ2n) is 4.29. The summed E-state index contributed by atoms with van der Waals surface area (Å²) in [6, 6.07) is 5.51. The number of aliphatic imine (C=N–C) groups is 1. The summed E-state index contributed by atoms with van der Waals surface area (Å²) in [4.78, 5) is 14.9. The van der Waals surface area contributed by atoms with Gasteiger partial charge in [0.25, 0.3) is 0 Å². The maximum absolute atomic E-state index is 6.06. The van der Waals surface area contributed by atoms with E-state index in [0.717, 1.165) is 22.9 Å². The van der Waals surface area contributed by atoms with Crippen molar-refractivity contribution in [1.82, 2.24) is 9.97 Å². The SMILES string of the molecule is Cc1nccnc1N1CC(N)=Nc2ccc(Cl)cc21. The van der Waals surface area contributed by atoms with Crippen molar-refractivity contribution in [3.63, 3.8) is 0 Å². The molecule has 5 nitrogen and oxygen atoms in total. The van der Waals surface area contributed by atoms with Crippen LogP contribution in [0.15, 0.2) is 35.6 Å². The highest BCUT2D eigenvalue weighted by molar-refractivity contribution is 6.31. The maximum atomic E-state index is 6.06. The first kappa shape index (κ1) is 11.9. The fourth-order valence-corrected chi connectivity index (χ4v) is 2.27. The molecule has 0 saturated heterocycles. The molecule has 0 radical (unpaired) electrons. The van der Waals surface area contributed by atoms with Gasteiger partial charge in [0, 0.05) is 17.4 Å². The number of nitrogens with zero attached hydrogens (tertiary/aromatic N) is 4. The van der Waals surface area contributed by atoms with E-state index in [1.54, 1.807) is 18.5 Å². The summed E-state index contributed by atoms with van der Waals surface area (Å²) in [5, 5.41) is 0.654. The molecule has 0 aliphatic carbocycles. The first-order valence-electron chi connectivity index (χ1n) is 5.83. The van der Waals surface area contributed by atoms with Gasteiger partial charge < -0.3 is 10.6 Å². The summed E-state index contributed by atoms with van der Waals surface area (Å²) >= 11 is 6.06. The Bertz CT molecular complexity index is 668. The lowest BCUT2D eigenvalue weighted by molar-refractivity contribution is 0.993. The maximum Gasteiger partial charge on any atom is 0.154 e. The van der Waals surface area contributed by atoms with Crippen molar-refractivity contribution < 1.29 is 0 Å². The summed E-state index contributed by atoms with van der Waals surface area (Å²) in [6.07, 6.45) is 3.33. The first-order chi connectivity index (χ1) is 9.15. The van der Waals surface area contributed by atoms with Gasteiger partial charge in [0.2, 0.25) is 0 Å². The summed E-state index contributed by atoms with van der Waals surface area (Å²) in [6.45, 7) is 2.39. The van der Waals surface area contributed by atoms with E-state index in [-0.39, 0.29) is 0 Å². The van der Waals surface area contributed by atoms with E-state index in [1.807, 2.05) is 24.0 Å². The largest absolute Gasteiger partial charge is 0.386 e. The van der Waals surface area contributed by atoms with Gasteiger partial charge in [-0.15, -0.1) is 0 Å². The molecule has 1 aliphatic heterocycles. The molecule has 1 aromatic heterocycles. The number of amidine groups is 1. The van der Waals surface area contributed by atoms with Gasteiger partial charge in [0.1, 0.15) is 5.84 Å². The summed E-state index contributed by atoms with van der Waals surface area (Å²) < 4.78 is 0. The molecule has 0 atom stereocenters. The molecule has 2 aromatic rings. The molecule has 0 spiro atoms. The van der Waals surface area contributed by atoms with Crippen LogP contribution in [0.4, 0.5) is 17.2 Å². The number of halogens is 1. The third-order valence-corrected chi connectivity index (χ3v) is 3.16. The van der Waals surface area contributed by atoms with Gasteiger partial charge in [-0.3, -0.25) is 4.98 Å². The second kappa shape index (κ2) is 4.51. The predicted molar refractivity (Wildman–Crippen MR) is 76.5 cm³/mol. The molecule has 0 bridgehead atoms. The summed E-state index contributed by atoms with van der Waals surface area (Å²) in [5.74, 6) is 1.31. The van der Waals surface area contributed by atoms with Gasteiger partial charge in [-0.1, -0.05) is 11.6 Å².